The minimum Gasteiger partial charge on any atom is -0.493 e. The Morgan fingerprint density at radius 1 is 1.10 bits per heavy atom. The number of hydrogen-bond acceptors (Lipinski definition) is 8. The molecule has 0 aliphatic carbocycles. The highest BCUT2D eigenvalue weighted by Gasteiger charge is 2.25. The van der Waals surface area contributed by atoms with Crippen molar-refractivity contribution in [3.63, 3.8) is 0 Å². The van der Waals surface area contributed by atoms with Crippen molar-refractivity contribution in [2.24, 2.45) is 5.73 Å². The van der Waals surface area contributed by atoms with Crippen molar-refractivity contribution in [1.82, 2.24) is 10.2 Å². The van der Waals surface area contributed by atoms with Crippen LogP contribution >= 0.6 is 0 Å². The number of benzene rings is 1. The lowest BCUT2D eigenvalue weighted by molar-refractivity contribution is -0.125. The van der Waals surface area contributed by atoms with Crippen LogP contribution in [0.15, 0.2) is 18.2 Å². The van der Waals surface area contributed by atoms with Crippen molar-refractivity contribution in [3.05, 3.63) is 23.8 Å². The molecule has 31 heavy (non-hydrogen) atoms. The summed E-state index contributed by atoms with van der Waals surface area (Å²) in [6, 6.07) is 4.13. The van der Waals surface area contributed by atoms with E-state index in [9.17, 15) is 19.2 Å². The fourth-order valence-electron chi connectivity index (χ4n) is 2.97. The summed E-state index contributed by atoms with van der Waals surface area (Å²) >= 11 is 0. The molecule has 11 nitrogen and oxygen atoms in total. The zero-order valence-corrected chi connectivity index (χ0v) is 17.5. The van der Waals surface area contributed by atoms with Gasteiger partial charge in [0.05, 0.1) is 19.3 Å². The van der Waals surface area contributed by atoms with Crippen LogP contribution in [-0.4, -0.2) is 74.8 Å². The van der Waals surface area contributed by atoms with E-state index in [1.54, 1.807) is 11.8 Å². The van der Waals surface area contributed by atoms with E-state index >= 15 is 0 Å². The van der Waals surface area contributed by atoms with Gasteiger partial charge in [-0.2, -0.15) is 0 Å². The number of nitrogens with zero attached hydrogens (tertiary/aromatic N) is 1. The SMILES string of the molecule is CCOC(=O)N1CCC(NC(=O)COC(=O)c2ccc(OCC(N)=O)c(OC)c2)CC1. The summed E-state index contributed by atoms with van der Waals surface area (Å²) in [5, 5.41) is 2.79. The molecule has 0 atom stereocenters. The number of rotatable bonds is 9. The van der Waals surface area contributed by atoms with Crippen molar-refractivity contribution in [2.75, 3.05) is 40.0 Å². The molecule has 170 valence electrons. The van der Waals surface area contributed by atoms with E-state index < -0.39 is 24.4 Å². The number of methoxy groups -OCH3 is 1. The summed E-state index contributed by atoms with van der Waals surface area (Å²) in [4.78, 5) is 48.5. The molecular weight excluding hydrogens is 410 g/mol. The number of nitrogens with one attached hydrogen (secondary N) is 1. The lowest BCUT2D eigenvalue weighted by Gasteiger charge is -2.31. The average molecular weight is 437 g/mol. The van der Waals surface area contributed by atoms with E-state index in [1.807, 2.05) is 0 Å². The van der Waals surface area contributed by atoms with Crippen LogP contribution in [0.4, 0.5) is 4.79 Å². The normalized spacial score (nSPS) is 13.8. The fourth-order valence-corrected chi connectivity index (χ4v) is 2.97. The summed E-state index contributed by atoms with van der Waals surface area (Å²) < 4.78 is 20.3. The van der Waals surface area contributed by atoms with Crippen molar-refractivity contribution in [2.45, 2.75) is 25.8 Å². The topological polar surface area (TPSA) is 146 Å². The zero-order valence-electron chi connectivity index (χ0n) is 17.5. The summed E-state index contributed by atoms with van der Waals surface area (Å²) in [6.45, 7) is 2.24. The molecule has 2 rings (SSSR count). The molecule has 1 saturated heterocycles. The van der Waals surface area contributed by atoms with Crippen LogP contribution in [0.1, 0.15) is 30.1 Å². The van der Waals surface area contributed by atoms with E-state index in [2.05, 4.69) is 5.32 Å². The van der Waals surface area contributed by atoms with E-state index in [0.717, 1.165) is 0 Å². The number of ether oxygens (including phenoxy) is 4. The number of piperidine rings is 1. The van der Waals surface area contributed by atoms with Crippen LogP contribution in [0.2, 0.25) is 0 Å². The van der Waals surface area contributed by atoms with Gasteiger partial charge in [-0.15, -0.1) is 0 Å². The largest absolute Gasteiger partial charge is 0.493 e. The van der Waals surface area contributed by atoms with Gasteiger partial charge in [0, 0.05) is 19.1 Å². The van der Waals surface area contributed by atoms with Crippen molar-refractivity contribution >= 4 is 23.9 Å². The summed E-state index contributed by atoms with van der Waals surface area (Å²) in [7, 11) is 1.38. The maximum absolute atomic E-state index is 12.2. The lowest BCUT2D eigenvalue weighted by Crippen LogP contribution is -2.47. The first-order valence-electron chi connectivity index (χ1n) is 9.81. The third-order valence-corrected chi connectivity index (χ3v) is 4.49. The number of carbonyl (C=O) groups is 4. The molecule has 0 saturated carbocycles. The number of primary amides is 1. The van der Waals surface area contributed by atoms with Crippen LogP contribution in [0.5, 0.6) is 11.5 Å². The standard InChI is InChI=1S/C20H27N3O8/c1-3-29-20(27)23-8-6-14(7-9-23)22-18(25)12-31-19(26)13-4-5-15(16(10-13)28-2)30-11-17(21)24/h4-5,10,14H,3,6-9,11-12H2,1-2H3,(H2,21,24)(H,22,25). The summed E-state index contributed by atoms with van der Waals surface area (Å²) in [5.74, 6) is -1.34. The molecule has 0 spiro atoms. The number of esters is 1. The molecular formula is C20H27N3O8. The Hall–Kier alpha value is -3.50. The van der Waals surface area contributed by atoms with Gasteiger partial charge in [0.15, 0.2) is 24.7 Å². The van der Waals surface area contributed by atoms with Crippen LogP contribution in [0.3, 0.4) is 0 Å². The molecule has 0 aromatic heterocycles. The van der Waals surface area contributed by atoms with Gasteiger partial charge in [-0.1, -0.05) is 0 Å². The van der Waals surface area contributed by atoms with E-state index in [4.69, 9.17) is 24.7 Å². The minimum atomic E-state index is -0.716. The van der Waals surface area contributed by atoms with Gasteiger partial charge in [0.1, 0.15) is 0 Å². The summed E-state index contributed by atoms with van der Waals surface area (Å²) in [6.07, 6.45) is 0.813. The summed E-state index contributed by atoms with van der Waals surface area (Å²) in [5.41, 5.74) is 5.19. The van der Waals surface area contributed by atoms with Gasteiger partial charge in [-0.3, -0.25) is 9.59 Å². The maximum Gasteiger partial charge on any atom is 0.409 e. The first kappa shape index (κ1) is 23.8. The quantitative estimate of drug-likeness (QED) is 0.530. The smallest absolute Gasteiger partial charge is 0.409 e. The first-order chi connectivity index (χ1) is 14.8. The highest BCUT2D eigenvalue weighted by Crippen LogP contribution is 2.28. The zero-order chi connectivity index (χ0) is 22.8. The minimum absolute atomic E-state index is 0.112. The molecule has 1 aliphatic rings. The Morgan fingerprint density at radius 2 is 1.81 bits per heavy atom. The van der Waals surface area contributed by atoms with Crippen LogP contribution in [0.25, 0.3) is 0 Å². The maximum atomic E-state index is 12.2. The Morgan fingerprint density at radius 3 is 2.42 bits per heavy atom. The molecule has 11 heteroatoms. The van der Waals surface area contributed by atoms with Crippen molar-refractivity contribution in [1.29, 1.82) is 0 Å². The number of carbonyl (C=O) groups excluding carboxylic acids is 4. The number of hydrogen-bond donors (Lipinski definition) is 2. The van der Waals surface area contributed by atoms with Gasteiger partial charge < -0.3 is 34.9 Å². The molecule has 1 aromatic rings. The second-order valence-electron chi connectivity index (χ2n) is 6.72. The van der Waals surface area contributed by atoms with Crippen molar-refractivity contribution < 1.29 is 38.1 Å². The molecule has 0 unspecified atom stereocenters. The molecule has 1 aliphatic heterocycles. The van der Waals surface area contributed by atoms with Gasteiger partial charge in [0.25, 0.3) is 11.8 Å². The molecule has 1 aromatic carbocycles. The molecule has 0 radical (unpaired) electrons. The molecule has 0 bridgehead atoms. The molecule has 3 amide bonds. The lowest BCUT2D eigenvalue weighted by atomic mass is 10.1. The first-order valence-corrected chi connectivity index (χ1v) is 9.81. The van der Waals surface area contributed by atoms with Crippen LogP contribution < -0.4 is 20.5 Å². The third-order valence-electron chi connectivity index (χ3n) is 4.49. The highest BCUT2D eigenvalue weighted by atomic mass is 16.6. The second-order valence-corrected chi connectivity index (χ2v) is 6.72. The number of likely N-dealkylation sites (tertiary alicyclic amines) is 1. The van der Waals surface area contributed by atoms with E-state index in [-0.39, 0.29) is 35.8 Å². The van der Waals surface area contributed by atoms with Crippen LogP contribution in [0, 0.1) is 0 Å². The van der Waals surface area contributed by atoms with E-state index in [0.29, 0.717) is 32.5 Å². The predicted octanol–water partition coefficient (Wildman–Crippen LogP) is 0.453. The van der Waals surface area contributed by atoms with Gasteiger partial charge >= 0.3 is 12.1 Å². The van der Waals surface area contributed by atoms with Gasteiger partial charge in [-0.25, -0.2) is 9.59 Å². The monoisotopic (exact) mass is 437 g/mol. The Balaban J connectivity index is 1.80. The molecule has 1 fully saturated rings. The third kappa shape index (κ3) is 7.36. The highest BCUT2D eigenvalue weighted by molar-refractivity contribution is 5.92. The van der Waals surface area contributed by atoms with Gasteiger partial charge in [0.2, 0.25) is 0 Å². The predicted molar refractivity (Wildman–Crippen MR) is 108 cm³/mol. The van der Waals surface area contributed by atoms with Gasteiger partial charge in [-0.05, 0) is 38.0 Å². The Labute approximate surface area is 179 Å². The van der Waals surface area contributed by atoms with E-state index in [1.165, 1.54) is 25.3 Å². The number of amides is 3. The molecule has 1 heterocycles. The Bertz CT molecular complexity index is 806. The Kier molecular flexibility index (Phi) is 8.92. The average Bonchev–Trinajstić information content (AvgIpc) is 2.76. The molecule has 3 N–H and O–H groups in total. The number of nitrogens with two attached hydrogens (primary N) is 1. The van der Waals surface area contributed by atoms with Crippen LogP contribution in [-0.2, 0) is 19.1 Å². The second kappa shape index (κ2) is 11.6. The van der Waals surface area contributed by atoms with Crippen molar-refractivity contribution in [3.8, 4) is 11.5 Å². The fraction of sp³-hybridized carbons (Fsp3) is 0.500.